The van der Waals surface area contributed by atoms with E-state index in [1.54, 1.807) is 18.2 Å². The van der Waals surface area contributed by atoms with Crippen molar-refractivity contribution in [2.24, 2.45) is 0 Å². The number of carbonyl (C=O) groups is 1. The number of fused-ring (bicyclic) bond motifs is 1. The highest BCUT2D eigenvalue weighted by molar-refractivity contribution is 7.80. The van der Waals surface area contributed by atoms with Crippen molar-refractivity contribution in [1.29, 1.82) is 0 Å². The fourth-order valence-electron chi connectivity index (χ4n) is 3.12. The number of phenolic OH excluding ortho intramolecular Hbond substituents is 1. The summed E-state index contributed by atoms with van der Waals surface area (Å²) in [7, 11) is 0.807. The van der Waals surface area contributed by atoms with Gasteiger partial charge in [0.1, 0.15) is 16.8 Å². The summed E-state index contributed by atoms with van der Waals surface area (Å²) in [5.74, 6) is -10.7. The molecule has 1 heterocycles. The molecule has 0 aliphatic heterocycles. The lowest BCUT2D eigenvalue weighted by molar-refractivity contribution is 0.0966. The Kier molecular flexibility index (Phi) is 6.50. The number of nitrogens with zero attached hydrogens (tertiary/aromatic N) is 1. The minimum absolute atomic E-state index is 0.0479. The number of anilines is 1. The lowest BCUT2D eigenvalue weighted by Gasteiger charge is -2.13. The molecule has 35 heavy (non-hydrogen) atoms. The minimum Gasteiger partial charge on any atom is -0.507 e. The van der Waals surface area contributed by atoms with Crippen LogP contribution in [0.3, 0.4) is 0 Å². The predicted molar refractivity (Wildman–Crippen MR) is 123 cm³/mol. The summed E-state index contributed by atoms with van der Waals surface area (Å²) in [6.45, 7) is 0. The van der Waals surface area contributed by atoms with Gasteiger partial charge in [-0.05, 0) is 48.6 Å². The Balaban J connectivity index is 1.57. The third-order valence-electron chi connectivity index (χ3n) is 4.72. The molecule has 0 fully saturated rings. The molecular formula is C22H12ClF4N3O4S. The van der Waals surface area contributed by atoms with Gasteiger partial charge >= 0.3 is 0 Å². The third kappa shape index (κ3) is 4.57. The Hall–Kier alpha value is -3.90. The van der Waals surface area contributed by atoms with E-state index in [1.807, 2.05) is 5.32 Å². The summed E-state index contributed by atoms with van der Waals surface area (Å²) in [4.78, 5) is 16.5. The van der Waals surface area contributed by atoms with Crippen molar-refractivity contribution in [3.8, 4) is 23.0 Å². The van der Waals surface area contributed by atoms with Crippen LogP contribution >= 0.6 is 23.8 Å². The van der Waals surface area contributed by atoms with Crippen LogP contribution in [0.4, 0.5) is 23.2 Å². The number of methoxy groups -OCH3 is 1. The monoisotopic (exact) mass is 525 g/mol. The van der Waals surface area contributed by atoms with Crippen molar-refractivity contribution in [1.82, 2.24) is 10.3 Å². The lowest BCUT2D eigenvalue weighted by Crippen LogP contribution is -2.35. The number of nitrogens with one attached hydrogen (secondary N) is 2. The van der Waals surface area contributed by atoms with Crippen LogP contribution in [-0.4, -0.2) is 28.2 Å². The number of hydrogen-bond acceptors (Lipinski definition) is 6. The van der Waals surface area contributed by atoms with E-state index >= 15 is 0 Å². The molecule has 0 atom stereocenters. The summed E-state index contributed by atoms with van der Waals surface area (Å²) >= 11 is 10.9. The van der Waals surface area contributed by atoms with E-state index in [9.17, 15) is 27.5 Å². The first-order valence-electron chi connectivity index (χ1n) is 9.52. The van der Waals surface area contributed by atoms with Gasteiger partial charge in [0.15, 0.2) is 28.1 Å². The summed E-state index contributed by atoms with van der Waals surface area (Å²) in [6.07, 6.45) is 0. The first kappa shape index (κ1) is 24.2. The van der Waals surface area contributed by atoms with E-state index in [2.05, 4.69) is 15.0 Å². The maximum atomic E-state index is 14.2. The molecule has 13 heteroatoms. The fourth-order valence-corrected chi connectivity index (χ4v) is 3.50. The molecule has 4 aromatic rings. The van der Waals surface area contributed by atoms with Crippen molar-refractivity contribution in [2.45, 2.75) is 0 Å². The van der Waals surface area contributed by atoms with Gasteiger partial charge in [-0.15, -0.1) is 0 Å². The van der Waals surface area contributed by atoms with Crippen molar-refractivity contribution in [3.05, 3.63) is 70.3 Å². The number of aromatic hydroxyl groups is 1. The predicted octanol–water partition coefficient (Wildman–Crippen LogP) is 5.55. The second kappa shape index (κ2) is 9.39. The number of phenols is 1. The molecular weight excluding hydrogens is 514 g/mol. The molecule has 0 spiro atoms. The van der Waals surface area contributed by atoms with Gasteiger partial charge in [-0.1, -0.05) is 11.6 Å². The van der Waals surface area contributed by atoms with Crippen molar-refractivity contribution < 1.29 is 36.6 Å². The molecule has 1 amide bonds. The normalized spacial score (nSPS) is 10.9. The Labute approximate surface area is 204 Å². The maximum absolute atomic E-state index is 14.2. The molecule has 0 aliphatic rings. The van der Waals surface area contributed by atoms with E-state index in [-0.39, 0.29) is 22.9 Å². The van der Waals surface area contributed by atoms with Gasteiger partial charge in [-0.2, -0.15) is 8.78 Å². The van der Waals surface area contributed by atoms with Crippen LogP contribution in [0.1, 0.15) is 10.4 Å². The summed E-state index contributed by atoms with van der Waals surface area (Å²) in [5.41, 5.74) is -0.324. The van der Waals surface area contributed by atoms with Gasteiger partial charge in [0.25, 0.3) is 5.91 Å². The number of halogens is 5. The van der Waals surface area contributed by atoms with E-state index < -0.39 is 45.6 Å². The zero-order chi connectivity index (χ0) is 25.4. The molecule has 7 nitrogen and oxygen atoms in total. The van der Waals surface area contributed by atoms with Crippen molar-refractivity contribution >= 4 is 51.6 Å². The van der Waals surface area contributed by atoms with Gasteiger partial charge < -0.3 is 19.6 Å². The summed E-state index contributed by atoms with van der Waals surface area (Å²) in [6, 6.07) is 8.78. The van der Waals surface area contributed by atoms with E-state index in [4.69, 9.17) is 28.2 Å². The molecule has 3 aromatic carbocycles. The number of thiocarbonyl (C=S) groups is 1. The average Bonchev–Trinajstić information content (AvgIpc) is 3.22. The van der Waals surface area contributed by atoms with Crippen LogP contribution in [-0.2, 0) is 0 Å². The Morgan fingerprint density at radius 2 is 1.77 bits per heavy atom. The Bertz CT molecular complexity index is 1480. The topological polar surface area (TPSA) is 96.6 Å². The third-order valence-corrected chi connectivity index (χ3v) is 5.16. The molecule has 0 radical (unpaired) electrons. The minimum atomic E-state index is -1.95. The van der Waals surface area contributed by atoms with Crippen LogP contribution in [0.15, 0.2) is 40.8 Å². The highest BCUT2D eigenvalue weighted by Crippen LogP contribution is 2.34. The molecule has 3 N–H and O–H groups in total. The van der Waals surface area contributed by atoms with Crippen LogP contribution in [0, 0.1) is 23.3 Å². The molecule has 0 saturated carbocycles. The number of benzene rings is 3. The number of amides is 1. The smallest absolute Gasteiger partial charge is 0.263 e. The zero-order valence-corrected chi connectivity index (χ0v) is 19.0. The highest BCUT2D eigenvalue weighted by atomic mass is 35.5. The van der Waals surface area contributed by atoms with Crippen LogP contribution in [0.2, 0.25) is 5.02 Å². The lowest BCUT2D eigenvalue weighted by atomic mass is 10.1. The number of rotatable bonds is 4. The standard InChI is InChI=1S/C22H12ClF4N3O4S/c1-33-19-17(26)15(24)14(16(25)18(19)27)20(32)30-22(35)28-9-3-4-12(31)10(7-9)21-29-11-6-8(23)2-5-13(11)34-21/h2-7,31H,1H3,(H2,28,30,32,35). The fraction of sp³-hybridized carbons (Fsp3) is 0.0455. The summed E-state index contributed by atoms with van der Waals surface area (Å²) in [5, 5.41) is 14.7. The largest absolute Gasteiger partial charge is 0.507 e. The van der Waals surface area contributed by atoms with E-state index in [1.165, 1.54) is 18.2 Å². The Morgan fingerprint density at radius 3 is 2.43 bits per heavy atom. The second-order valence-electron chi connectivity index (χ2n) is 6.94. The maximum Gasteiger partial charge on any atom is 0.263 e. The quantitative estimate of drug-likeness (QED) is 0.139. The van der Waals surface area contributed by atoms with Crippen LogP contribution in [0.5, 0.6) is 11.5 Å². The van der Waals surface area contributed by atoms with Crippen molar-refractivity contribution in [2.75, 3.05) is 12.4 Å². The SMILES string of the molecule is COc1c(F)c(F)c(C(=O)NC(=S)Nc2ccc(O)c(-c3nc4cc(Cl)ccc4o3)c2)c(F)c1F. The second-order valence-corrected chi connectivity index (χ2v) is 7.78. The van der Waals surface area contributed by atoms with Gasteiger partial charge in [-0.3, -0.25) is 10.1 Å². The summed E-state index contributed by atoms with van der Waals surface area (Å²) < 4.78 is 66.1. The van der Waals surface area contributed by atoms with Gasteiger partial charge in [-0.25, -0.2) is 13.8 Å². The molecule has 0 aliphatic carbocycles. The molecule has 180 valence electrons. The van der Waals surface area contributed by atoms with Crippen LogP contribution in [0.25, 0.3) is 22.6 Å². The van der Waals surface area contributed by atoms with Gasteiger partial charge in [0, 0.05) is 10.7 Å². The molecule has 4 rings (SSSR count). The molecule has 1 aromatic heterocycles. The zero-order valence-electron chi connectivity index (χ0n) is 17.4. The number of aromatic nitrogens is 1. The number of oxazole rings is 1. The number of ether oxygens (including phenoxy) is 1. The Morgan fingerprint density at radius 1 is 1.09 bits per heavy atom. The van der Waals surface area contributed by atoms with E-state index in [0.717, 1.165) is 7.11 Å². The number of hydrogen-bond donors (Lipinski definition) is 3. The number of carbonyl (C=O) groups excluding carboxylic acids is 1. The molecule has 0 saturated heterocycles. The average molecular weight is 526 g/mol. The highest BCUT2D eigenvalue weighted by Gasteiger charge is 2.30. The van der Waals surface area contributed by atoms with Gasteiger partial charge in [0.2, 0.25) is 17.5 Å². The first-order chi connectivity index (χ1) is 16.6. The first-order valence-corrected chi connectivity index (χ1v) is 10.3. The van der Waals surface area contributed by atoms with Crippen LogP contribution < -0.4 is 15.4 Å². The van der Waals surface area contributed by atoms with Gasteiger partial charge in [0.05, 0.1) is 12.7 Å². The van der Waals surface area contributed by atoms with Crippen molar-refractivity contribution in [3.63, 3.8) is 0 Å². The van der Waals surface area contributed by atoms with E-state index in [0.29, 0.717) is 16.1 Å². The molecule has 0 unspecified atom stereocenters. The molecule has 0 bridgehead atoms.